The zero-order chi connectivity index (χ0) is 16.4. The standard InChI is InChI=1S/C17H17N3O2S/c1-11-13(12(2)20(3)19-11)8-9-17(21)22-10-16-18-14-6-4-5-7-15(14)23-16/h4-9H,10H2,1-3H3/b9-8+. The van der Waals surface area contributed by atoms with Crippen LogP contribution in [0.15, 0.2) is 30.3 Å². The summed E-state index contributed by atoms with van der Waals surface area (Å²) in [5.41, 5.74) is 3.78. The molecule has 0 atom stereocenters. The van der Waals surface area contributed by atoms with Gasteiger partial charge in [-0.3, -0.25) is 4.68 Å². The molecule has 0 radical (unpaired) electrons. The number of benzene rings is 1. The van der Waals surface area contributed by atoms with Crippen molar-refractivity contribution in [3.8, 4) is 0 Å². The van der Waals surface area contributed by atoms with E-state index < -0.39 is 0 Å². The van der Waals surface area contributed by atoms with Crippen molar-refractivity contribution in [2.45, 2.75) is 20.5 Å². The van der Waals surface area contributed by atoms with E-state index in [4.69, 9.17) is 4.74 Å². The molecule has 0 unspecified atom stereocenters. The molecule has 0 N–H and O–H groups in total. The molecule has 0 spiro atoms. The fourth-order valence-electron chi connectivity index (χ4n) is 2.35. The van der Waals surface area contributed by atoms with Crippen LogP contribution in [0.25, 0.3) is 16.3 Å². The number of carbonyl (C=O) groups excluding carboxylic acids is 1. The normalized spacial score (nSPS) is 11.4. The molecule has 3 aromatic rings. The van der Waals surface area contributed by atoms with Crippen LogP contribution < -0.4 is 0 Å². The van der Waals surface area contributed by atoms with Crippen molar-refractivity contribution in [1.82, 2.24) is 14.8 Å². The van der Waals surface area contributed by atoms with E-state index in [1.54, 1.807) is 10.8 Å². The van der Waals surface area contributed by atoms with Crippen LogP contribution in [-0.2, 0) is 23.2 Å². The number of rotatable bonds is 4. The molecule has 0 saturated heterocycles. The van der Waals surface area contributed by atoms with E-state index in [0.717, 1.165) is 32.2 Å². The van der Waals surface area contributed by atoms with Gasteiger partial charge in [0, 0.05) is 24.4 Å². The molecule has 118 valence electrons. The Hall–Kier alpha value is -2.47. The van der Waals surface area contributed by atoms with Gasteiger partial charge in [0.05, 0.1) is 15.9 Å². The van der Waals surface area contributed by atoms with Crippen molar-refractivity contribution in [2.24, 2.45) is 7.05 Å². The maximum atomic E-state index is 11.9. The van der Waals surface area contributed by atoms with E-state index in [-0.39, 0.29) is 12.6 Å². The molecule has 0 aliphatic carbocycles. The number of aromatic nitrogens is 3. The molecule has 0 bridgehead atoms. The van der Waals surface area contributed by atoms with Crippen molar-refractivity contribution in [2.75, 3.05) is 0 Å². The van der Waals surface area contributed by atoms with Crippen LogP contribution >= 0.6 is 11.3 Å². The van der Waals surface area contributed by atoms with E-state index in [1.165, 1.54) is 17.4 Å². The molecule has 2 heterocycles. The average molecular weight is 327 g/mol. The number of esters is 1. The molecule has 0 aliphatic heterocycles. The Morgan fingerprint density at radius 2 is 2.13 bits per heavy atom. The molecule has 0 fully saturated rings. The fourth-order valence-corrected chi connectivity index (χ4v) is 3.23. The molecule has 3 rings (SSSR count). The van der Waals surface area contributed by atoms with E-state index in [0.29, 0.717) is 0 Å². The predicted octanol–water partition coefficient (Wildman–Crippen LogP) is 3.40. The predicted molar refractivity (Wildman–Crippen MR) is 91.1 cm³/mol. The highest BCUT2D eigenvalue weighted by Gasteiger charge is 2.08. The SMILES string of the molecule is Cc1nn(C)c(C)c1/C=C/C(=O)OCc1nc2ccccc2s1. The molecule has 0 saturated carbocycles. The maximum Gasteiger partial charge on any atom is 0.331 e. The highest BCUT2D eigenvalue weighted by molar-refractivity contribution is 7.18. The lowest BCUT2D eigenvalue weighted by molar-refractivity contribution is -0.138. The second-order valence-corrected chi connectivity index (χ2v) is 6.34. The zero-order valence-corrected chi connectivity index (χ0v) is 14.1. The Kier molecular flexibility index (Phi) is 4.25. The number of aryl methyl sites for hydroxylation is 2. The molecule has 2 aromatic heterocycles. The average Bonchev–Trinajstić information content (AvgIpc) is 3.05. The summed E-state index contributed by atoms with van der Waals surface area (Å²) >= 11 is 1.54. The number of hydrogen-bond donors (Lipinski definition) is 0. The van der Waals surface area contributed by atoms with Crippen LogP contribution in [0.2, 0.25) is 0 Å². The second-order valence-electron chi connectivity index (χ2n) is 5.22. The van der Waals surface area contributed by atoms with E-state index in [1.807, 2.05) is 45.2 Å². The Balaban J connectivity index is 1.64. The lowest BCUT2D eigenvalue weighted by atomic mass is 10.2. The first-order valence-electron chi connectivity index (χ1n) is 7.24. The molecular formula is C17H17N3O2S. The summed E-state index contributed by atoms with van der Waals surface area (Å²) in [5, 5.41) is 5.10. The topological polar surface area (TPSA) is 57.0 Å². The van der Waals surface area contributed by atoms with Gasteiger partial charge in [-0.1, -0.05) is 12.1 Å². The van der Waals surface area contributed by atoms with Crippen molar-refractivity contribution in [1.29, 1.82) is 0 Å². The van der Waals surface area contributed by atoms with Crippen molar-refractivity contribution >= 4 is 33.6 Å². The molecule has 1 aromatic carbocycles. The van der Waals surface area contributed by atoms with Gasteiger partial charge in [-0.25, -0.2) is 9.78 Å². The van der Waals surface area contributed by atoms with Crippen LogP contribution in [0, 0.1) is 13.8 Å². The second kappa shape index (κ2) is 6.34. The number of fused-ring (bicyclic) bond motifs is 1. The quantitative estimate of drug-likeness (QED) is 0.544. The smallest absolute Gasteiger partial charge is 0.331 e. The lowest BCUT2D eigenvalue weighted by Crippen LogP contribution is -2.00. The number of ether oxygens (including phenoxy) is 1. The van der Waals surface area contributed by atoms with E-state index in [9.17, 15) is 4.79 Å². The summed E-state index contributed by atoms with van der Waals surface area (Å²) < 4.78 is 8.15. The third-order valence-electron chi connectivity index (χ3n) is 3.63. The van der Waals surface area contributed by atoms with Gasteiger partial charge in [-0.15, -0.1) is 11.3 Å². The van der Waals surface area contributed by atoms with Crippen molar-refractivity contribution in [3.63, 3.8) is 0 Å². The zero-order valence-electron chi connectivity index (χ0n) is 13.2. The molecule has 23 heavy (non-hydrogen) atoms. The number of hydrogen-bond acceptors (Lipinski definition) is 5. The summed E-state index contributed by atoms with van der Waals surface area (Å²) in [6.45, 7) is 4.07. The Morgan fingerprint density at radius 3 is 2.83 bits per heavy atom. The van der Waals surface area contributed by atoms with Gasteiger partial charge in [0.2, 0.25) is 0 Å². The minimum absolute atomic E-state index is 0.188. The van der Waals surface area contributed by atoms with E-state index >= 15 is 0 Å². The Morgan fingerprint density at radius 1 is 1.35 bits per heavy atom. The van der Waals surface area contributed by atoms with Gasteiger partial charge >= 0.3 is 5.97 Å². The van der Waals surface area contributed by atoms with Crippen LogP contribution in [0.5, 0.6) is 0 Å². The first-order chi connectivity index (χ1) is 11.0. The Bertz CT molecular complexity index is 860. The maximum absolute atomic E-state index is 11.9. The van der Waals surface area contributed by atoms with Crippen LogP contribution in [0.4, 0.5) is 0 Å². The lowest BCUT2D eigenvalue weighted by Gasteiger charge is -1.98. The highest BCUT2D eigenvalue weighted by atomic mass is 32.1. The molecular weight excluding hydrogens is 310 g/mol. The number of thiazole rings is 1. The minimum atomic E-state index is -0.382. The van der Waals surface area contributed by atoms with Crippen molar-refractivity contribution in [3.05, 3.63) is 52.3 Å². The van der Waals surface area contributed by atoms with Crippen LogP contribution in [-0.4, -0.2) is 20.7 Å². The molecule has 0 amide bonds. The monoisotopic (exact) mass is 327 g/mol. The third kappa shape index (κ3) is 3.32. The van der Waals surface area contributed by atoms with Gasteiger partial charge in [0.15, 0.2) is 0 Å². The highest BCUT2D eigenvalue weighted by Crippen LogP contribution is 2.22. The number of nitrogens with zero attached hydrogens (tertiary/aromatic N) is 3. The van der Waals surface area contributed by atoms with Gasteiger partial charge in [0.25, 0.3) is 0 Å². The van der Waals surface area contributed by atoms with Gasteiger partial charge in [-0.2, -0.15) is 5.10 Å². The summed E-state index contributed by atoms with van der Waals surface area (Å²) in [5.74, 6) is -0.382. The first-order valence-corrected chi connectivity index (χ1v) is 8.05. The molecule has 6 heteroatoms. The third-order valence-corrected chi connectivity index (χ3v) is 4.64. The molecule has 5 nitrogen and oxygen atoms in total. The minimum Gasteiger partial charge on any atom is -0.455 e. The summed E-state index contributed by atoms with van der Waals surface area (Å²) in [6, 6.07) is 7.87. The van der Waals surface area contributed by atoms with Gasteiger partial charge < -0.3 is 4.74 Å². The van der Waals surface area contributed by atoms with E-state index in [2.05, 4.69) is 10.1 Å². The summed E-state index contributed by atoms with van der Waals surface area (Å²) in [4.78, 5) is 16.3. The largest absolute Gasteiger partial charge is 0.455 e. The Labute approximate surface area is 138 Å². The van der Waals surface area contributed by atoms with Crippen LogP contribution in [0.3, 0.4) is 0 Å². The number of carbonyl (C=O) groups is 1. The summed E-state index contributed by atoms with van der Waals surface area (Å²) in [7, 11) is 1.88. The van der Waals surface area contributed by atoms with Crippen molar-refractivity contribution < 1.29 is 9.53 Å². The van der Waals surface area contributed by atoms with Gasteiger partial charge in [-0.05, 0) is 32.1 Å². The van der Waals surface area contributed by atoms with Gasteiger partial charge in [0.1, 0.15) is 11.6 Å². The number of para-hydroxylation sites is 1. The fraction of sp³-hybridized carbons (Fsp3) is 0.235. The molecule has 0 aliphatic rings. The van der Waals surface area contributed by atoms with Crippen LogP contribution in [0.1, 0.15) is 22.0 Å². The summed E-state index contributed by atoms with van der Waals surface area (Å²) in [6.07, 6.45) is 3.18. The first kappa shape index (κ1) is 15.4.